The minimum Gasteiger partial charge on any atom is -0.355 e. The van der Waals surface area contributed by atoms with E-state index in [9.17, 15) is 10.1 Å². The van der Waals surface area contributed by atoms with Gasteiger partial charge in [0.2, 0.25) is 0 Å². The number of hydrogen-bond donors (Lipinski definition) is 1. The fourth-order valence-electron chi connectivity index (χ4n) is 1.94. The lowest BCUT2D eigenvalue weighted by Gasteiger charge is -2.07. The number of anilines is 2. The summed E-state index contributed by atoms with van der Waals surface area (Å²) in [5.41, 5.74) is 1.94. The van der Waals surface area contributed by atoms with E-state index >= 15 is 0 Å². The number of benzene rings is 2. The molecular formula is C14H9IN2O2S. The van der Waals surface area contributed by atoms with Crippen LogP contribution in [0.2, 0.25) is 0 Å². The van der Waals surface area contributed by atoms with Gasteiger partial charge in [0, 0.05) is 22.1 Å². The Bertz CT molecular complexity index is 801. The highest BCUT2D eigenvalue weighted by Crippen LogP contribution is 2.28. The number of thiophene rings is 1. The van der Waals surface area contributed by atoms with Crippen LogP contribution in [0, 0.1) is 13.7 Å². The molecule has 0 spiro atoms. The van der Waals surface area contributed by atoms with Crippen LogP contribution in [-0.2, 0) is 0 Å². The van der Waals surface area contributed by atoms with Crippen LogP contribution >= 0.6 is 33.9 Å². The predicted octanol–water partition coefficient (Wildman–Crippen LogP) is 5.16. The predicted molar refractivity (Wildman–Crippen MR) is 90.9 cm³/mol. The Morgan fingerprint density at radius 3 is 2.60 bits per heavy atom. The molecule has 3 aromatic rings. The lowest BCUT2D eigenvalue weighted by atomic mass is 10.2. The van der Waals surface area contributed by atoms with Gasteiger partial charge in [0.25, 0.3) is 5.69 Å². The number of nitro benzene ring substituents is 1. The molecule has 0 amide bonds. The highest BCUT2D eigenvalue weighted by atomic mass is 127. The number of fused-ring (bicyclic) bond motifs is 1. The van der Waals surface area contributed by atoms with Gasteiger partial charge in [-0.3, -0.25) is 10.1 Å². The average Bonchev–Trinajstić information content (AvgIpc) is 2.85. The molecule has 20 heavy (non-hydrogen) atoms. The third-order valence-electron chi connectivity index (χ3n) is 2.89. The smallest absolute Gasteiger partial charge is 0.282 e. The Hall–Kier alpha value is -1.67. The first-order valence-corrected chi connectivity index (χ1v) is 7.77. The van der Waals surface area contributed by atoms with Crippen LogP contribution in [0.15, 0.2) is 47.8 Å². The molecule has 100 valence electrons. The van der Waals surface area contributed by atoms with E-state index in [4.69, 9.17) is 0 Å². The van der Waals surface area contributed by atoms with Crippen LogP contribution in [-0.4, -0.2) is 4.92 Å². The second kappa shape index (κ2) is 5.37. The van der Waals surface area contributed by atoms with Crippen molar-refractivity contribution in [1.82, 2.24) is 0 Å². The van der Waals surface area contributed by atoms with Crippen molar-refractivity contribution in [3.63, 3.8) is 0 Å². The van der Waals surface area contributed by atoms with Gasteiger partial charge in [0.15, 0.2) is 0 Å². The molecule has 6 heteroatoms. The van der Waals surface area contributed by atoms with Crippen molar-refractivity contribution in [2.24, 2.45) is 0 Å². The Morgan fingerprint density at radius 2 is 1.85 bits per heavy atom. The quantitative estimate of drug-likeness (QED) is 0.378. The largest absolute Gasteiger partial charge is 0.355 e. The van der Waals surface area contributed by atoms with Gasteiger partial charge in [-0.1, -0.05) is 0 Å². The maximum absolute atomic E-state index is 10.8. The van der Waals surface area contributed by atoms with Gasteiger partial charge in [-0.25, -0.2) is 0 Å². The lowest BCUT2D eigenvalue weighted by Crippen LogP contribution is -1.94. The zero-order valence-corrected chi connectivity index (χ0v) is 13.1. The number of nitro groups is 1. The summed E-state index contributed by atoms with van der Waals surface area (Å²) in [4.78, 5) is 10.4. The molecule has 0 unspecified atom stereocenters. The van der Waals surface area contributed by atoms with Crippen LogP contribution in [0.1, 0.15) is 0 Å². The monoisotopic (exact) mass is 396 g/mol. The number of halogens is 1. The Kier molecular flexibility index (Phi) is 3.58. The van der Waals surface area contributed by atoms with Crippen LogP contribution < -0.4 is 5.32 Å². The Morgan fingerprint density at radius 1 is 1.10 bits per heavy atom. The first kappa shape index (κ1) is 13.3. The van der Waals surface area contributed by atoms with Crippen molar-refractivity contribution < 1.29 is 4.92 Å². The number of hydrogen-bond acceptors (Lipinski definition) is 4. The molecule has 3 rings (SSSR count). The Balaban J connectivity index is 1.90. The normalized spacial score (nSPS) is 10.7. The lowest BCUT2D eigenvalue weighted by molar-refractivity contribution is -0.385. The molecule has 1 heterocycles. The average molecular weight is 396 g/mol. The van der Waals surface area contributed by atoms with Crippen LogP contribution in [0.4, 0.5) is 17.1 Å². The van der Waals surface area contributed by atoms with Gasteiger partial charge in [-0.2, -0.15) is 0 Å². The standard InChI is InChI=1S/C14H9IN2O2S/c15-12-8-11(1-3-13(12)17(18)19)16-10-2-4-14-9(7-10)5-6-20-14/h1-8,16H. The number of nitrogens with zero attached hydrogens (tertiary/aromatic N) is 1. The van der Waals surface area contributed by atoms with E-state index in [2.05, 4.69) is 28.9 Å². The van der Waals surface area contributed by atoms with Crippen LogP contribution in [0.5, 0.6) is 0 Å². The summed E-state index contributed by atoms with van der Waals surface area (Å²) >= 11 is 3.68. The van der Waals surface area contributed by atoms with Gasteiger partial charge in [0.1, 0.15) is 0 Å². The van der Waals surface area contributed by atoms with Crippen molar-refractivity contribution in [3.05, 3.63) is 61.5 Å². The number of rotatable bonds is 3. The topological polar surface area (TPSA) is 55.2 Å². The van der Waals surface area contributed by atoms with E-state index in [1.807, 2.05) is 28.7 Å². The van der Waals surface area contributed by atoms with Crippen molar-refractivity contribution in [2.75, 3.05) is 5.32 Å². The minimum atomic E-state index is -0.372. The van der Waals surface area contributed by atoms with Crippen molar-refractivity contribution in [3.8, 4) is 0 Å². The van der Waals surface area contributed by atoms with Gasteiger partial charge >= 0.3 is 0 Å². The summed E-state index contributed by atoms with van der Waals surface area (Å²) in [5.74, 6) is 0. The summed E-state index contributed by atoms with van der Waals surface area (Å²) < 4.78 is 1.86. The summed E-state index contributed by atoms with van der Waals surface area (Å²) in [6, 6.07) is 13.2. The fourth-order valence-corrected chi connectivity index (χ4v) is 3.43. The first-order chi connectivity index (χ1) is 9.63. The summed E-state index contributed by atoms with van der Waals surface area (Å²) in [7, 11) is 0. The molecular weight excluding hydrogens is 387 g/mol. The van der Waals surface area contributed by atoms with Crippen LogP contribution in [0.25, 0.3) is 10.1 Å². The van der Waals surface area contributed by atoms with Gasteiger partial charge in [0.05, 0.1) is 8.49 Å². The third-order valence-corrected chi connectivity index (χ3v) is 4.65. The minimum absolute atomic E-state index is 0.129. The molecule has 0 aliphatic carbocycles. The zero-order chi connectivity index (χ0) is 14.1. The van der Waals surface area contributed by atoms with Crippen molar-refractivity contribution in [1.29, 1.82) is 0 Å². The molecule has 4 nitrogen and oxygen atoms in total. The summed E-state index contributed by atoms with van der Waals surface area (Å²) in [6.45, 7) is 0. The zero-order valence-electron chi connectivity index (χ0n) is 10.2. The molecule has 0 fully saturated rings. The van der Waals surface area contributed by atoms with Gasteiger partial charge < -0.3 is 5.32 Å². The molecule has 2 aromatic carbocycles. The van der Waals surface area contributed by atoms with Crippen LogP contribution in [0.3, 0.4) is 0 Å². The molecule has 0 aliphatic heterocycles. The van der Waals surface area contributed by atoms with E-state index in [1.54, 1.807) is 23.5 Å². The van der Waals surface area contributed by atoms with E-state index in [-0.39, 0.29) is 10.6 Å². The van der Waals surface area contributed by atoms with E-state index < -0.39 is 0 Å². The second-order valence-electron chi connectivity index (χ2n) is 4.22. The molecule has 1 N–H and O–H groups in total. The summed E-state index contributed by atoms with van der Waals surface area (Å²) in [5, 5.41) is 17.3. The molecule has 0 radical (unpaired) electrons. The Labute approximate surface area is 132 Å². The van der Waals surface area contributed by atoms with E-state index in [0.29, 0.717) is 3.57 Å². The maximum atomic E-state index is 10.8. The molecule has 0 aliphatic rings. The number of nitrogens with one attached hydrogen (secondary N) is 1. The van der Waals surface area contributed by atoms with E-state index in [1.165, 1.54) is 16.2 Å². The van der Waals surface area contributed by atoms with Gasteiger partial charge in [-0.15, -0.1) is 11.3 Å². The molecule has 1 aromatic heterocycles. The third kappa shape index (κ3) is 2.61. The molecule has 0 atom stereocenters. The van der Waals surface area contributed by atoms with Crippen molar-refractivity contribution >= 4 is 61.1 Å². The van der Waals surface area contributed by atoms with Crippen molar-refractivity contribution in [2.45, 2.75) is 0 Å². The summed E-state index contributed by atoms with van der Waals surface area (Å²) in [6.07, 6.45) is 0. The van der Waals surface area contributed by atoms with E-state index in [0.717, 1.165) is 11.4 Å². The fraction of sp³-hybridized carbons (Fsp3) is 0. The molecule has 0 saturated carbocycles. The highest BCUT2D eigenvalue weighted by molar-refractivity contribution is 14.1. The SMILES string of the molecule is O=[N+]([O-])c1ccc(Nc2ccc3sccc3c2)cc1I. The molecule has 0 saturated heterocycles. The first-order valence-electron chi connectivity index (χ1n) is 5.82. The van der Waals surface area contributed by atoms with Gasteiger partial charge in [-0.05, 0) is 69.8 Å². The highest BCUT2D eigenvalue weighted by Gasteiger charge is 2.11. The molecule has 0 bridgehead atoms. The maximum Gasteiger partial charge on any atom is 0.282 e. The second-order valence-corrected chi connectivity index (χ2v) is 6.33.